The first-order valence-electron chi connectivity index (χ1n) is 12.5. The van der Waals surface area contributed by atoms with Gasteiger partial charge in [0.25, 0.3) is 0 Å². The van der Waals surface area contributed by atoms with Gasteiger partial charge in [-0.25, -0.2) is 0 Å². The highest BCUT2D eigenvalue weighted by atomic mass is 31.2. The maximum absolute atomic E-state index is 13.0. The number of rotatable bonds is 9. The van der Waals surface area contributed by atoms with Gasteiger partial charge in [0.15, 0.2) is 0 Å². The van der Waals surface area contributed by atoms with Crippen LogP contribution < -0.4 is 5.32 Å². The van der Waals surface area contributed by atoms with E-state index >= 15 is 0 Å². The van der Waals surface area contributed by atoms with Crippen molar-refractivity contribution >= 4 is 31.5 Å². The van der Waals surface area contributed by atoms with Crippen LogP contribution >= 0.6 is 7.60 Å². The number of esters is 4. The molecule has 1 aliphatic rings. The maximum atomic E-state index is 13.0. The summed E-state index contributed by atoms with van der Waals surface area (Å²) in [5, 5.41) is 0.832. The topological polar surface area (TPSA) is 175 Å². The second-order valence-electron chi connectivity index (χ2n) is 12.8. The van der Waals surface area contributed by atoms with Gasteiger partial charge in [-0.15, -0.1) is 0 Å². The van der Waals surface area contributed by atoms with Crippen LogP contribution in [0.25, 0.3) is 0 Å². The summed E-state index contributed by atoms with van der Waals surface area (Å²) in [6.45, 7) is 12.6. The summed E-state index contributed by atoms with van der Waals surface area (Å²) in [4.78, 5) is 70.8. The van der Waals surface area contributed by atoms with Gasteiger partial charge in [0.2, 0.25) is 6.79 Å². The van der Waals surface area contributed by atoms with Gasteiger partial charge in [0.1, 0.15) is 24.4 Å². The van der Waals surface area contributed by atoms with Crippen LogP contribution in [0.2, 0.25) is 0 Å². The van der Waals surface area contributed by atoms with Gasteiger partial charge in [-0.05, 0) is 87.6 Å². The van der Waals surface area contributed by atoms with Crippen LogP contribution in [-0.2, 0) is 42.7 Å². The monoisotopic (exact) mass is 565 g/mol. The van der Waals surface area contributed by atoms with Gasteiger partial charge in [0, 0.05) is 0 Å². The SMILES string of the molecule is CC(C)(C)C(=O)OCOC(=O)[C@@H]1C[C@H](C(COC(=O)C(C)(C)C)(COC(=O)C(C)(C)C)P(=O)(O)O)CCN1. The van der Waals surface area contributed by atoms with Crippen LogP contribution in [0.5, 0.6) is 0 Å². The van der Waals surface area contributed by atoms with Gasteiger partial charge >= 0.3 is 31.5 Å². The largest absolute Gasteiger partial charge is 0.464 e. The number of nitrogens with one attached hydrogen (secondary N) is 1. The smallest absolute Gasteiger partial charge is 0.338 e. The van der Waals surface area contributed by atoms with Crippen LogP contribution in [0.1, 0.15) is 75.2 Å². The third-order valence-corrected chi connectivity index (χ3v) is 7.95. The van der Waals surface area contributed by atoms with E-state index in [0.29, 0.717) is 0 Å². The van der Waals surface area contributed by atoms with E-state index in [1.165, 1.54) is 0 Å². The zero-order chi connectivity index (χ0) is 29.7. The van der Waals surface area contributed by atoms with Crippen molar-refractivity contribution in [2.75, 3.05) is 26.6 Å². The molecule has 0 unspecified atom stereocenters. The molecule has 2 atom stereocenters. The molecule has 1 saturated heterocycles. The summed E-state index contributed by atoms with van der Waals surface area (Å²) in [6, 6.07) is -0.996. The van der Waals surface area contributed by atoms with Crippen molar-refractivity contribution in [2.45, 2.75) is 86.4 Å². The molecule has 0 aromatic heterocycles. The summed E-state index contributed by atoms with van der Waals surface area (Å²) in [7, 11) is -5.11. The van der Waals surface area contributed by atoms with Gasteiger partial charge in [-0.3, -0.25) is 23.7 Å². The molecular formula is C25H44NO11P. The van der Waals surface area contributed by atoms with Crippen molar-refractivity contribution in [3.63, 3.8) is 0 Å². The summed E-state index contributed by atoms with van der Waals surface area (Å²) < 4.78 is 33.8. The Morgan fingerprint density at radius 1 is 0.763 bits per heavy atom. The number of ether oxygens (including phenoxy) is 4. The fraction of sp³-hybridized carbons (Fsp3) is 0.840. The zero-order valence-electron chi connectivity index (χ0n) is 23.9. The molecule has 13 heteroatoms. The normalized spacial score (nSPS) is 19.3. The Balaban J connectivity index is 3.21. The van der Waals surface area contributed by atoms with E-state index in [1.807, 2.05) is 0 Å². The highest BCUT2D eigenvalue weighted by Gasteiger charge is 2.57. The Kier molecular flexibility index (Phi) is 11.1. The lowest BCUT2D eigenvalue weighted by atomic mass is 9.81. The van der Waals surface area contributed by atoms with E-state index in [-0.39, 0.29) is 19.4 Å². The van der Waals surface area contributed by atoms with Crippen LogP contribution in [0.4, 0.5) is 0 Å². The standard InChI is InChI=1S/C25H44NO11P/c1-22(2,3)19(28)34-13-25(38(31,32)33,14-35-20(29)23(4,5)6)16-10-11-26-17(12-16)18(27)36-15-37-21(30)24(7,8)9/h16-17,26H,10-15H2,1-9H3,(H2,31,32,33)/t16-,17+/m1/s1. The Morgan fingerprint density at radius 3 is 1.58 bits per heavy atom. The predicted octanol–water partition coefficient (Wildman–Crippen LogP) is 2.54. The number of piperidine rings is 1. The lowest BCUT2D eigenvalue weighted by Crippen LogP contribution is -2.55. The quantitative estimate of drug-likeness (QED) is 0.161. The second-order valence-corrected chi connectivity index (χ2v) is 14.8. The van der Waals surface area contributed by atoms with Gasteiger partial charge in [0.05, 0.1) is 16.2 Å². The lowest BCUT2D eigenvalue weighted by Gasteiger charge is -2.43. The summed E-state index contributed by atoms with van der Waals surface area (Å²) >= 11 is 0. The molecule has 0 radical (unpaired) electrons. The van der Waals surface area contributed by atoms with Crippen molar-refractivity contribution < 1.29 is 52.5 Å². The Morgan fingerprint density at radius 2 is 1.18 bits per heavy atom. The molecular weight excluding hydrogens is 521 g/mol. The Bertz CT molecular complexity index is 891. The predicted molar refractivity (Wildman–Crippen MR) is 137 cm³/mol. The van der Waals surface area contributed by atoms with Crippen molar-refractivity contribution in [1.29, 1.82) is 0 Å². The van der Waals surface area contributed by atoms with Gasteiger partial charge in [-0.2, -0.15) is 0 Å². The van der Waals surface area contributed by atoms with E-state index in [9.17, 15) is 33.5 Å². The average molecular weight is 566 g/mol. The van der Waals surface area contributed by atoms with E-state index in [1.54, 1.807) is 62.3 Å². The molecule has 0 aromatic carbocycles. The highest BCUT2D eigenvalue weighted by molar-refractivity contribution is 7.53. The molecule has 0 aliphatic carbocycles. The molecule has 12 nitrogen and oxygen atoms in total. The number of carbonyl (C=O) groups is 4. The van der Waals surface area contributed by atoms with Crippen molar-refractivity contribution in [3.8, 4) is 0 Å². The molecule has 1 heterocycles. The van der Waals surface area contributed by atoms with Crippen molar-refractivity contribution in [1.82, 2.24) is 5.32 Å². The zero-order valence-corrected chi connectivity index (χ0v) is 24.8. The van der Waals surface area contributed by atoms with Crippen molar-refractivity contribution in [2.24, 2.45) is 22.2 Å². The minimum absolute atomic E-state index is 0.114. The average Bonchev–Trinajstić information content (AvgIpc) is 2.75. The number of hydrogen-bond acceptors (Lipinski definition) is 10. The minimum atomic E-state index is -5.11. The van der Waals surface area contributed by atoms with Gasteiger partial charge < -0.3 is 34.1 Å². The van der Waals surface area contributed by atoms with Crippen molar-refractivity contribution in [3.05, 3.63) is 0 Å². The first-order chi connectivity index (χ1) is 17.0. The summed E-state index contributed by atoms with van der Waals surface area (Å²) in [5.41, 5.74) is -2.69. The highest BCUT2D eigenvalue weighted by Crippen LogP contribution is 2.57. The minimum Gasteiger partial charge on any atom is -0.464 e. The molecule has 0 spiro atoms. The Labute approximate surface area is 224 Å². The first-order valence-corrected chi connectivity index (χ1v) is 14.1. The van der Waals surface area contributed by atoms with Crippen LogP contribution in [-0.4, -0.2) is 71.4 Å². The molecule has 220 valence electrons. The van der Waals surface area contributed by atoms with E-state index in [0.717, 1.165) is 0 Å². The molecule has 0 amide bonds. The summed E-state index contributed by atoms with van der Waals surface area (Å²) in [6.07, 6.45) is 0.0747. The van der Waals surface area contributed by atoms with Gasteiger partial charge in [-0.1, -0.05) is 0 Å². The molecule has 0 aromatic rings. The maximum Gasteiger partial charge on any atom is 0.338 e. The molecule has 0 saturated carbocycles. The molecule has 1 fully saturated rings. The second kappa shape index (κ2) is 12.4. The van der Waals surface area contributed by atoms with Crippen LogP contribution in [0.3, 0.4) is 0 Å². The number of carbonyl (C=O) groups excluding carboxylic acids is 4. The lowest BCUT2D eigenvalue weighted by molar-refractivity contribution is -0.175. The van der Waals surface area contributed by atoms with E-state index in [2.05, 4.69) is 5.32 Å². The molecule has 3 N–H and O–H groups in total. The van der Waals surface area contributed by atoms with Crippen LogP contribution in [0.15, 0.2) is 0 Å². The summed E-state index contributed by atoms with van der Waals surface area (Å²) in [5.74, 6) is -3.64. The fourth-order valence-corrected chi connectivity index (χ4v) is 4.72. The molecule has 38 heavy (non-hydrogen) atoms. The van der Waals surface area contributed by atoms with Crippen LogP contribution in [0, 0.1) is 22.2 Å². The molecule has 0 bridgehead atoms. The molecule has 1 rings (SSSR count). The number of hydrogen-bond donors (Lipinski definition) is 3. The third kappa shape index (κ3) is 9.32. The molecule has 1 aliphatic heterocycles. The van der Waals surface area contributed by atoms with E-state index in [4.69, 9.17) is 18.9 Å². The first kappa shape index (κ1) is 34.0. The fourth-order valence-electron chi connectivity index (χ4n) is 3.54. The third-order valence-electron chi connectivity index (χ3n) is 6.16. The van der Waals surface area contributed by atoms with E-state index < -0.39 is 84.8 Å². The Hall–Kier alpha value is -2.01.